The Morgan fingerprint density at radius 3 is 2.14 bits per heavy atom. The molecule has 2 nitrogen and oxygen atoms in total. The van der Waals surface area contributed by atoms with E-state index in [1.54, 1.807) is 12.2 Å². The van der Waals surface area contributed by atoms with Crippen molar-refractivity contribution in [1.29, 1.82) is 0 Å². The lowest BCUT2D eigenvalue weighted by Gasteiger charge is -2.08. The topological polar surface area (TPSA) is 30.2 Å². The van der Waals surface area contributed by atoms with Gasteiger partial charge < -0.3 is 4.42 Å². The summed E-state index contributed by atoms with van der Waals surface area (Å²) < 4.78 is 3.09. The quantitative estimate of drug-likeness (QED) is 0.568. The van der Waals surface area contributed by atoms with Crippen molar-refractivity contribution in [1.82, 2.24) is 0 Å². The zero-order valence-corrected chi connectivity index (χ0v) is 13.1. The Balaban J connectivity index is 2.16. The highest BCUT2D eigenvalue weighted by molar-refractivity contribution is 6.66. The molecule has 0 aliphatic rings. The Morgan fingerprint density at radius 1 is 0.905 bits per heavy atom. The first kappa shape index (κ1) is 15.9. The number of rotatable bonds is 3. The van der Waals surface area contributed by atoms with Crippen molar-refractivity contribution in [2.24, 2.45) is 0 Å². The van der Waals surface area contributed by atoms with Gasteiger partial charge in [-0.2, -0.15) is 0 Å². The summed E-state index contributed by atoms with van der Waals surface area (Å²) >= 11 is 17.1. The second-order valence-corrected chi connectivity index (χ2v) is 6.48. The number of hydrogen-bond donors (Lipinski definition) is 0. The van der Waals surface area contributed by atoms with Crippen molar-refractivity contribution >= 4 is 47.0 Å². The summed E-state index contributed by atoms with van der Waals surface area (Å²) in [6.07, 6.45) is 7.33. The van der Waals surface area contributed by atoms with E-state index in [1.165, 1.54) is 12.1 Å². The van der Waals surface area contributed by atoms with Crippen LogP contribution in [-0.4, -0.2) is 0 Å². The molecule has 1 heterocycles. The summed E-state index contributed by atoms with van der Waals surface area (Å²) in [5.41, 5.74) is 1.12. The molecule has 1 aromatic carbocycles. The lowest BCUT2D eigenvalue weighted by Crippen LogP contribution is -2.07. The minimum Gasteiger partial charge on any atom is -0.423 e. The molecule has 21 heavy (non-hydrogen) atoms. The molecule has 2 rings (SSSR count). The fourth-order valence-corrected chi connectivity index (χ4v) is 1.91. The molecular formula is C16H11Cl3O2. The van der Waals surface area contributed by atoms with E-state index in [-0.39, 0.29) is 5.76 Å². The third kappa shape index (κ3) is 5.09. The van der Waals surface area contributed by atoms with Crippen molar-refractivity contribution in [2.75, 3.05) is 0 Å². The van der Waals surface area contributed by atoms with E-state index in [1.807, 2.05) is 42.5 Å². The monoisotopic (exact) mass is 340 g/mol. The molecule has 0 radical (unpaired) electrons. The maximum Gasteiger partial charge on any atom is 0.336 e. The Morgan fingerprint density at radius 2 is 1.52 bits per heavy atom. The molecule has 1 aromatic heterocycles. The average molecular weight is 342 g/mol. The molecule has 5 heteroatoms. The second kappa shape index (κ2) is 6.99. The lowest BCUT2D eigenvalue weighted by atomic mass is 10.2. The molecule has 0 N–H and O–H groups in total. The van der Waals surface area contributed by atoms with Gasteiger partial charge in [-0.05, 0) is 17.2 Å². The SMILES string of the molecule is O=c1cc(/C=C/C=C/c2ccccc2)cc(C(Cl)(Cl)Cl)o1. The number of allylic oxidation sites excluding steroid dienone is 2. The van der Waals surface area contributed by atoms with Crippen LogP contribution in [0.2, 0.25) is 0 Å². The van der Waals surface area contributed by atoms with Crippen LogP contribution in [0.5, 0.6) is 0 Å². The third-order valence-corrected chi connectivity index (χ3v) is 3.12. The van der Waals surface area contributed by atoms with Gasteiger partial charge in [-0.15, -0.1) is 0 Å². The van der Waals surface area contributed by atoms with Crippen molar-refractivity contribution in [3.8, 4) is 0 Å². The summed E-state index contributed by atoms with van der Waals surface area (Å²) in [5, 5.41) is 0. The molecular weight excluding hydrogens is 331 g/mol. The molecule has 0 amide bonds. The van der Waals surface area contributed by atoms with Gasteiger partial charge in [0.25, 0.3) is 0 Å². The summed E-state index contributed by atoms with van der Waals surface area (Å²) in [6.45, 7) is 0. The molecule has 0 saturated heterocycles. The van der Waals surface area contributed by atoms with Gasteiger partial charge in [0.2, 0.25) is 3.79 Å². The Bertz CT molecular complexity index is 710. The predicted octanol–water partition coefficient (Wildman–Crippen LogP) is 5.19. The highest BCUT2D eigenvalue weighted by Gasteiger charge is 2.26. The molecule has 0 spiro atoms. The molecule has 0 aliphatic carbocycles. The normalized spacial score (nSPS) is 12.3. The first-order chi connectivity index (χ1) is 9.95. The fraction of sp³-hybridized carbons (Fsp3) is 0.0625. The van der Waals surface area contributed by atoms with E-state index in [9.17, 15) is 4.79 Å². The minimum atomic E-state index is -1.76. The smallest absolute Gasteiger partial charge is 0.336 e. The van der Waals surface area contributed by atoms with Crippen LogP contribution in [0.1, 0.15) is 16.9 Å². The molecule has 0 aliphatic heterocycles. The van der Waals surface area contributed by atoms with Crippen LogP contribution >= 0.6 is 34.8 Å². The molecule has 0 bridgehead atoms. The number of benzene rings is 1. The second-order valence-electron chi connectivity index (χ2n) is 4.20. The summed E-state index contributed by atoms with van der Waals surface area (Å²) in [5.74, 6) is -0.00770. The number of alkyl halides is 3. The zero-order valence-electron chi connectivity index (χ0n) is 10.8. The Kier molecular flexibility index (Phi) is 5.29. The zero-order chi connectivity index (χ0) is 15.3. The first-order valence-corrected chi connectivity index (χ1v) is 7.21. The maximum atomic E-state index is 11.4. The van der Waals surface area contributed by atoms with E-state index in [0.29, 0.717) is 5.56 Å². The van der Waals surface area contributed by atoms with Crippen LogP contribution in [0.25, 0.3) is 12.2 Å². The molecule has 0 saturated carbocycles. The molecule has 0 atom stereocenters. The molecule has 108 valence electrons. The predicted molar refractivity (Wildman–Crippen MR) is 88.7 cm³/mol. The van der Waals surface area contributed by atoms with Crippen LogP contribution < -0.4 is 5.63 Å². The first-order valence-electron chi connectivity index (χ1n) is 6.07. The van der Waals surface area contributed by atoms with Crippen molar-refractivity contribution in [2.45, 2.75) is 3.79 Å². The highest BCUT2D eigenvalue weighted by atomic mass is 35.6. The van der Waals surface area contributed by atoms with Gasteiger partial charge in [0, 0.05) is 6.07 Å². The molecule has 2 aromatic rings. The van der Waals surface area contributed by atoms with Gasteiger partial charge in [0.15, 0.2) is 5.76 Å². The summed E-state index contributed by atoms with van der Waals surface area (Å²) in [6, 6.07) is 12.7. The van der Waals surface area contributed by atoms with Crippen LogP contribution in [0.15, 0.2) is 63.8 Å². The molecule has 0 fully saturated rings. The number of halogens is 3. The van der Waals surface area contributed by atoms with Gasteiger partial charge in [-0.3, -0.25) is 0 Å². The van der Waals surface area contributed by atoms with E-state index < -0.39 is 9.42 Å². The van der Waals surface area contributed by atoms with E-state index in [0.717, 1.165) is 5.56 Å². The van der Waals surface area contributed by atoms with Gasteiger partial charge in [-0.1, -0.05) is 89.4 Å². The van der Waals surface area contributed by atoms with E-state index in [2.05, 4.69) is 0 Å². The van der Waals surface area contributed by atoms with E-state index in [4.69, 9.17) is 39.2 Å². The molecule has 0 unspecified atom stereocenters. The van der Waals surface area contributed by atoms with Crippen LogP contribution in [-0.2, 0) is 3.79 Å². The van der Waals surface area contributed by atoms with Gasteiger partial charge >= 0.3 is 5.63 Å². The highest BCUT2D eigenvalue weighted by Crippen LogP contribution is 2.37. The van der Waals surface area contributed by atoms with Gasteiger partial charge in [0.05, 0.1) is 0 Å². The number of hydrogen-bond acceptors (Lipinski definition) is 2. The third-order valence-electron chi connectivity index (χ3n) is 2.56. The van der Waals surface area contributed by atoms with Crippen molar-refractivity contribution in [3.63, 3.8) is 0 Å². The van der Waals surface area contributed by atoms with Crippen molar-refractivity contribution in [3.05, 3.63) is 81.9 Å². The lowest BCUT2D eigenvalue weighted by molar-refractivity contribution is 0.465. The fourth-order valence-electron chi connectivity index (χ4n) is 1.63. The summed E-state index contributed by atoms with van der Waals surface area (Å²) in [7, 11) is 0. The Hall–Kier alpha value is -1.48. The largest absolute Gasteiger partial charge is 0.423 e. The van der Waals surface area contributed by atoms with E-state index >= 15 is 0 Å². The van der Waals surface area contributed by atoms with Crippen LogP contribution in [0.3, 0.4) is 0 Å². The standard InChI is InChI=1S/C16H11Cl3O2/c17-16(18,19)14-10-13(11-15(20)21-14)9-5-4-8-12-6-2-1-3-7-12/h1-11H/b8-4+,9-5+. The van der Waals surface area contributed by atoms with Gasteiger partial charge in [0.1, 0.15) is 0 Å². The minimum absolute atomic E-state index is 0.00770. The maximum absolute atomic E-state index is 11.4. The Labute approximate surface area is 137 Å². The van der Waals surface area contributed by atoms with Crippen LogP contribution in [0.4, 0.5) is 0 Å². The van der Waals surface area contributed by atoms with Crippen molar-refractivity contribution < 1.29 is 4.42 Å². The van der Waals surface area contributed by atoms with Crippen LogP contribution in [0, 0.1) is 0 Å². The van der Waals surface area contributed by atoms with Gasteiger partial charge in [-0.25, -0.2) is 4.79 Å². The summed E-state index contributed by atoms with van der Waals surface area (Å²) in [4.78, 5) is 11.4. The average Bonchev–Trinajstić information content (AvgIpc) is 2.43.